The molecule has 0 aromatic heterocycles. The molecule has 0 aliphatic carbocycles. The lowest BCUT2D eigenvalue weighted by Crippen LogP contribution is -2.29. The van der Waals surface area contributed by atoms with Crippen LogP contribution in [0.25, 0.3) is 10.8 Å². The van der Waals surface area contributed by atoms with Crippen LogP contribution in [0.1, 0.15) is 12.5 Å². The highest BCUT2D eigenvalue weighted by Gasteiger charge is 2.43. The van der Waals surface area contributed by atoms with Crippen LogP contribution in [0.15, 0.2) is 81.1 Å². The van der Waals surface area contributed by atoms with Crippen molar-refractivity contribution in [2.45, 2.75) is 16.8 Å². The first-order chi connectivity index (χ1) is 12.0. The molecule has 1 aliphatic rings. The van der Waals surface area contributed by atoms with E-state index >= 15 is 0 Å². The van der Waals surface area contributed by atoms with Crippen molar-refractivity contribution in [1.82, 2.24) is 0 Å². The fraction of sp³-hybridized carbons (Fsp3) is 0.100. The second-order valence-electron chi connectivity index (χ2n) is 5.85. The van der Waals surface area contributed by atoms with Crippen molar-refractivity contribution in [3.63, 3.8) is 0 Å². The van der Waals surface area contributed by atoms with E-state index in [0.717, 1.165) is 25.7 Å². The van der Waals surface area contributed by atoms with Gasteiger partial charge in [-0.3, -0.25) is 4.79 Å². The summed E-state index contributed by atoms with van der Waals surface area (Å²) in [6.45, 7) is 1.77. The van der Waals surface area contributed by atoms with Crippen molar-refractivity contribution in [2.75, 3.05) is 0 Å². The summed E-state index contributed by atoms with van der Waals surface area (Å²) in [7, 11) is 0. The summed E-state index contributed by atoms with van der Waals surface area (Å²) in [5.41, 5.74) is 0.839. The zero-order valence-electron chi connectivity index (χ0n) is 13.4. The molecular formula is C20H14BrNO2S. The molecule has 25 heavy (non-hydrogen) atoms. The Balaban J connectivity index is 1.66. The topological polar surface area (TPSA) is 38.7 Å². The lowest BCUT2D eigenvalue weighted by molar-refractivity contribution is -0.123. The minimum atomic E-state index is -1.06. The summed E-state index contributed by atoms with van der Waals surface area (Å²) < 4.78 is 7.04. The van der Waals surface area contributed by atoms with Crippen LogP contribution in [0.2, 0.25) is 0 Å². The highest BCUT2D eigenvalue weighted by molar-refractivity contribution is 9.10. The number of carbonyl (C=O) groups is 1. The van der Waals surface area contributed by atoms with Gasteiger partial charge in [0.05, 0.1) is 0 Å². The number of rotatable bonds is 3. The maximum atomic E-state index is 12.5. The minimum absolute atomic E-state index is 0.275. The van der Waals surface area contributed by atoms with Gasteiger partial charge in [-0.1, -0.05) is 64.1 Å². The SMILES string of the molecule is C[C@@]1(Sc2ccc(Br)cc2)OC(c2cccc3ccccc23)=NC1=O. The third-order valence-electron chi connectivity index (χ3n) is 4.03. The maximum Gasteiger partial charge on any atom is 0.303 e. The van der Waals surface area contributed by atoms with Crippen molar-refractivity contribution in [1.29, 1.82) is 0 Å². The standard InChI is InChI=1S/C20H14BrNO2S/c1-20(25-15-11-9-14(21)10-12-15)19(23)22-18(24-20)17-8-4-6-13-5-2-3-7-16(13)17/h2-12H,1H3/t20-/m0/s1. The van der Waals surface area contributed by atoms with Gasteiger partial charge in [0.2, 0.25) is 10.8 Å². The van der Waals surface area contributed by atoms with Crippen LogP contribution in [0, 0.1) is 0 Å². The smallest absolute Gasteiger partial charge is 0.303 e. The first-order valence-electron chi connectivity index (χ1n) is 7.80. The number of fused-ring (bicyclic) bond motifs is 1. The summed E-state index contributed by atoms with van der Waals surface area (Å²) in [5.74, 6) is 0.109. The number of amides is 1. The normalized spacial score (nSPS) is 19.8. The van der Waals surface area contributed by atoms with Gasteiger partial charge in [-0.2, -0.15) is 4.99 Å². The molecule has 3 nitrogen and oxygen atoms in total. The second-order valence-corrected chi connectivity index (χ2v) is 8.22. The van der Waals surface area contributed by atoms with Crippen LogP contribution < -0.4 is 0 Å². The van der Waals surface area contributed by atoms with Crippen LogP contribution in [-0.4, -0.2) is 16.7 Å². The molecule has 0 unspecified atom stereocenters. The Hall–Kier alpha value is -2.11. The molecule has 124 valence electrons. The van der Waals surface area contributed by atoms with E-state index in [1.165, 1.54) is 11.8 Å². The molecule has 1 aliphatic heterocycles. The highest BCUT2D eigenvalue weighted by Crippen LogP contribution is 2.40. The molecule has 0 saturated carbocycles. The Labute approximate surface area is 158 Å². The number of aliphatic imine (C=N–C) groups is 1. The van der Waals surface area contributed by atoms with E-state index in [1.807, 2.05) is 66.7 Å². The van der Waals surface area contributed by atoms with Gasteiger partial charge < -0.3 is 4.74 Å². The number of carbonyl (C=O) groups excluding carboxylic acids is 1. The third-order valence-corrected chi connectivity index (χ3v) is 5.71. The summed E-state index contributed by atoms with van der Waals surface area (Å²) in [4.78, 5) is 16.6. The van der Waals surface area contributed by atoms with Crippen LogP contribution in [0.4, 0.5) is 0 Å². The van der Waals surface area contributed by atoms with Crippen molar-refractivity contribution in [3.05, 3.63) is 76.8 Å². The van der Waals surface area contributed by atoms with Gasteiger partial charge in [-0.15, -0.1) is 0 Å². The molecule has 3 aromatic rings. The molecule has 0 radical (unpaired) electrons. The van der Waals surface area contributed by atoms with E-state index in [4.69, 9.17) is 4.74 Å². The van der Waals surface area contributed by atoms with Crippen molar-refractivity contribution >= 4 is 50.3 Å². The first-order valence-corrected chi connectivity index (χ1v) is 9.41. The number of halogens is 1. The average Bonchev–Trinajstić information content (AvgIpc) is 2.91. The Kier molecular flexibility index (Phi) is 4.13. The summed E-state index contributed by atoms with van der Waals surface area (Å²) in [5, 5.41) is 2.11. The first kappa shape index (κ1) is 16.4. The Morgan fingerprint density at radius 3 is 2.52 bits per heavy atom. The van der Waals surface area contributed by atoms with E-state index < -0.39 is 4.93 Å². The predicted octanol–water partition coefficient (Wildman–Crippen LogP) is 5.41. The molecule has 3 aromatic carbocycles. The van der Waals surface area contributed by atoms with E-state index in [9.17, 15) is 4.79 Å². The quantitative estimate of drug-likeness (QED) is 0.577. The third kappa shape index (κ3) is 3.10. The molecule has 1 heterocycles. The molecule has 0 saturated heterocycles. The maximum absolute atomic E-state index is 12.5. The molecule has 0 N–H and O–H groups in total. The van der Waals surface area contributed by atoms with Gasteiger partial charge in [-0.05, 0) is 48.0 Å². The summed E-state index contributed by atoms with van der Waals surface area (Å²) >= 11 is 4.78. The monoisotopic (exact) mass is 411 g/mol. The van der Waals surface area contributed by atoms with Gasteiger partial charge >= 0.3 is 5.91 Å². The van der Waals surface area contributed by atoms with E-state index in [1.54, 1.807) is 6.92 Å². The number of benzene rings is 3. The zero-order valence-corrected chi connectivity index (χ0v) is 15.8. The van der Waals surface area contributed by atoms with E-state index in [-0.39, 0.29) is 5.91 Å². The van der Waals surface area contributed by atoms with Gasteiger partial charge in [0.25, 0.3) is 0 Å². The van der Waals surface area contributed by atoms with Crippen LogP contribution in [0.3, 0.4) is 0 Å². The van der Waals surface area contributed by atoms with Gasteiger partial charge in [0, 0.05) is 14.9 Å². The number of hydrogen-bond donors (Lipinski definition) is 0. The molecule has 1 atom stereocenters. The molecule has 5 heteroatoms. The predicted molar refractivity (Wildman–Crippen MR) is 105 cm³/mol. The average molecular weight is 412 g/mol. The van der Waals surface area contributed by atoms with E-state index in [2.05, 4.69) is 20.9 Å². The molecule has 0 spiro atoms. The highest BCUT2D eigenvalue weighted by atomic mass is 79.9. The molecule has 4 rings (SSSR count). The molecule has 0 bridgehead atoms. The van der Waals surface area contributed by atoms with Gasteiger partial charge in [0.15, 0.2) is 0 Å². The second kappa shape index (κ2) is 6.32. The number of nitrogens with zero attached hydrogens (tertiary/aromatic N) is 1. The van der Waals surface area contributed by atoms with E-state index in [0.29, 0.717) is 5.90 Å². The van der Waals surface area contributed by atoms with Crippen LogP contribution in [0.5, 0.6) is 0 Å². The largest absolute Gasteiger partial charge is 0.449 e. The lowest BCUT2D eigenvalue weighted by Gasteiger charge is -2.21. The van der Waals surface area contributed by atoms with Crippen molar-refractivity contribution in [3.8, 4) is 0 Å². The fourth-order valence-corrected chi connectivity index (χ4v) is 4.00. The van der Waals surface area contributed by atoms with Crippen LogP contribution >= 0.6 is 27.7 Å². The minimum Gasteiger partial charge on any atom is -0.449 e. The Morgan fingerprint density at radius 2 is 1.72 bits per heavy atom. The molecule has 0 fully saturated rings. The van der Waals surface area contributed by atoms with Crippen molar-refractivity contribution < 1.29 is 9.53 Å². The molecule has 1 amide bonds. The number of hydrogen-bond acceptors (Lipinski definition) is 3. The van der Waals surface area contributed by atoms with Crippen LogP contribution in [-0.2, 0) is 9.53 Å². The zero-order chi connectivity index (χ0) is 17.4. The lowest BCUT2D eigenvalue weighted by atomic mass is 10.0. The number of thioether (sulfide) groups is 1. The number of ether oxygens (including phenoxy) is 1. The molecular weight excluding hydrogens is 398 g/mol. The Morgan fingerprint density at radius 1 is 1.00 bits per heavy atom. The van der Waals surface area contributed by atoms with Crippen molar-refractivity contribution in [2.24, 2.45) is 4.99 Å². The fourth-order valence-electron chi connectivity index (χ4n) is 2.76. The summed E-state index contributed by atoms with van der Waals surface area (Å²) in [6.07, 6.45) is 0. The Bertz CT molecular complexity index is 995. The van der Waals surface area contributed by atoms with Gasteiger partial charge in [0.1, 0.15) is 0 Å². The summed E-state index contributed by atoms with van der Waals surface area (Å²) in [6, 6.07) is 21.7. The van der Waals surface area contributed by atoms with Gasteiger partial charge in [-0.25, -0.2) is 0 Å².